The number of carbonyl (C=O) groups excluding carboxylic acids is 1. The number of amides is 1. The summed E-state index contributed by atoms with van der Waals surface area (Å²) in [4.78, 5) is 20.6. The van der Waals surface area contributed by atoms with E-state index in [-0.39, 0.29) is 5.91 Å². The Morgan fingerprint density at radius 1 is 1.29 bits per heavy atom. The van der Waals surface area contributed by atoms with Crippen LogP contribution in [0.1, 0.15) is 16.3 Å². The van der Waals surface area contributed by atoms with Crippen LogP contribution in [0.25, 0.3) is 0 Å². The topological polar surface area (TPSA) is 58.8 Å². The summed E-state index contributed by atoms with van der Waals surface area (Å²) in [5.41, 5.74) is 0. The smallest absolute Gasteiger partial charge is 0.289 e. The maximum atomic E-state index is 12.5. The molecule has 0 N–H and O–H groups in total. The molecule has 1 fully saturated rings. The van der Waals surface area contributed by atoms with Gasteiger partial charge >= 0.3 is 0 Å². The molecule has 0 bridgehead atoms. The van der Waals surface area contributed by atoms with Crippen LogP contribution >= 0.6 is 23.2 Å². The fourth-order valence-corrected chi connectivity index (χ4v) is 3.13. The highest BCUT2D eigenvalue weighted by atomic mass is 35.5. The van der Waals surface area contributed by atoms with Crippen LogP contribution in [0.15, 0.2) is 28.8 Å². The molecule has 0 unspecified atom stereocenters. The maximum absolute atomic E-state index is 12.5. The Hall–Kier alpha value is -1.76. The van der Waals surface area contributed by atoms with Gasteiger partial charge in [-0.25, -0.2) is 4.98 Å². The number of halogens is 2. The SMILES string of the molecule is COCc1ccc(C(=O)N2CCN(c3ncc(Cl)cc3Cl)CC2)o1. The van der Waals surface area contributed by atoms with Crippen molar-refractivity contribution in [2.45, 2.75) is 6.61 Å². The van der Waals surface area contributed by atoms with E-state index >= 15 is 0 Å². The van der Waals surface area contributed by atoms with Gasteiger partial charge in [0.25, 0.3) is 5.91 Å². The van der Waals surface area contributed by atoms with Gasteiger partial charge in [-0.15, -0.1) is 0 Å². The highest BCUT2D eigenvalue weighted by Crippen LogP contribution is 2.27. The van der Waals surface area contributed by atoms with Crippen molar-refractivity contribution >= 4 is 34.9 Å². The summed E-state index contributed by atoms with van der Waals surface area (Å²) >= 11 is 12.1. The van der Waals surface area contributed by atoms with Gasteiger partial charge < -0.3 is 19.0 Å². The van der Waals surface area contributed by atoms with Crippen molar-refractivity contribution in [1.82, 2.24) is 9.88 Å². The van der Waals surface area contributed by atoms with Crippen molar-refractivity contribution in [2.75, 3.05) is 38.2 Å². The van der Waals surface area contributed by atoms with Crippen LogP contribution < -0.4 is 4.90 Å². The number of aromatic nitrogens is 1. The van der Waals surface area contributed by atoms with E-state index in [1.54, 1.807) is 36.4 Å². The monoisotopic (exact) mass is 369 g/mol. The van der Waals surface area contributed by atoms with E-state index in [4.69, 9.17) is 32.4 Å². The fraction of sp³-hybridized carbons (Fsp3) is 0.375. The third-order valence-corrected chi connectivity index (χ3v) is 4.30. The van der Waals surface area contributed by atoms with Gasteiger partial charge in [0, 0.05) is 39.5 Å². The lowest BCUT2D eigenvalue weighted by atomic mass is 10.2. The largest absolute Gasteiger partial charge is 0.453 e. The molecule has 6 nitrogen and oxygen atoms in total. The third kappa shape index (κ3) is 3.66. The van der Waals surface area contributed by atoms with E-state index in [0.717, 1.165) is 0 Å². The molecule has 0 aliphatic carbocycles. The summed E-state index contributed by atoms with van der Waals surface area (Å²) in [5.74, 6) is 1.54. The molecule has 1 amide bonds. The minimum atomic E-state index is -0.118. The molecule has 0 radical (unpaired) electrons. The Balaban J connectivity index is 1.62. The number of carbonyl (C=O) groups is 1. The molecule has 2 aromatic rings. The molecule has 0 spiro atoms. The molecule has 0 aromatic carbocycles. The molecule has 0 atom stereocenters. The first-order valence-corrected chi connectivity index (χ1v) is 8.27. The van der Waals surface area contributed by atoms with Crippen LogP contribution in [0.2, 0.25) is 10.0 Å². The number of piperazine rings is 1. The van der Waals surface area contributed by atoms with Crippen molar-refractivity contribution in [2.24, 2.45) is 0 Å². The summed E-state index contributed by atoms with van der Waals surface area (Å²) in [6, 6.07) is 5.11. The Kier molecular flexibility index (Phi) is 5.28. The number of hydrogen-bond donors (Lipinski definition) is 0. The lowest BCUT2D eigenvalue weighted by Crippen LogP contribution is -2.49. The lowest BCUT2D eigenvalue weighted by molar-refractivity contribution is 0.0707. The van der Waals surface area contributed by atoms with Crippen molar-refractivity contribution in [1.29, 1.82) is 0 Å². The van der Waals surface area contributed by atoms with E-state index in [1.165, 1.54) is 0 Å². The molecule has 8 heteroatoms. The number of nitrogens with zero attached hydrogens (tertiary/aromatic N) is 3. The Morgan fingerprint density at radius 3 is 2.71 bits per heavy atom. The van der Waals surface area contributed by atoms with Crippen molar-refractivity contribution in [3.05, 3.63) is 46.0 Å². The molecule has 1 saturated heterocycles. The van der Waals surface area contributed by atoms with Crippen molar-refractivity contribution in [3.63, 3.8) is 0 Å². The molecule has 1 aliphatic heterocycles. The minimum Gasteiger partial charge on any atom is -0.453 e. The summed E-state index contributed by atoms with van der Waals surface area (Å²) in [6.07, 6.45) is 1.57. The average molecular weight is 370 g/mol. The molecule has 24 heavy (non-hydrogen) atoms. The number of furan rings is 1. The third-order valence-electron chi connectivity index (χ3n) is 3.81. The number of methoxy groups -OCH3 is 1. The van der Waals surface area contributed by atoms with Gasteiger partial charge in [-0.05, 0) is 18.2 Å². The summed E-state index contributed by atoms with van der Waals surface area (Å²) in [6.45, 7) is 2.78. The van der Waals surface area contributed by atoms with Gasteiger partial charge in [-0.1, -0.05) is 23.2 Å². The van der Waals surface area contributed by atoms with Gasteiger partial charge in [0.2, 0.25) is 0 Å². The first-order chi connectivity index (χ1) is 11.6. The highest BCUT2D eigenvalue weighted by Gasteiger charge is 2.25. The average Bonchev–Trinajstić information content (AvgIpc) is 3.03. The van der Waals surface area contributed by atoms with E-state index in [1.807, 2.05) is 4.90 Å². The van der Waals surface area contributed by atoms with Crippen LogP contribution in [-0.4, -0.2) is 49.1 Å². The fourth-order valence-electron chi connectivity index (χ4n) is 2.63. The Morgan fingerprint density at radius 2 is 2.04 bits per heavy atom. The summed E-state index contributed by atoms with van der Waals surface area (Å²) in [5, 5.41) is 1.01. The van der Waals surface area contributed by atoms with Gasteiger partial charge in [0.05, 0.1) is 10.0 Å². The van der Waals surface area contributed by atoms with Crippen LogP contribution in [0.5, 0.6) is 0 Å². The molecule has 0 saturated carbocycles. The van der Waals surface area contributed by atoms with Gasteiger partial charge in [-0.3, -0.25) is 4.79 Å². The van der Waals surface area contributed by atoms with E-state index < -0.39 is 0 Å². The first kappa shape index (κ1) is 17.1. The first-order valence-electron chi connectivity index (χ1n) is 7.51. The summed E-state index contributed by atoms with van der Waals surface area (Å²) in [7, 11) is 1.58. The second-order valence-electron chi connectivity index (χ2n) is 5.44. The Labute approximate surface area is 149 Å². The van der Waals surface area contributed by atoms with E-state index in [0.29, 0.717) is 60.2 Å². The van der Waals surface area contributed by atoms with Gasteiger partial charge in [-0.2, -0.15) is 0 Å². The van der Waals surface area contributed by atoms with Crippen molar-refractivity contribution in [3.8, 4) is 0 Å². The van der Waals surface area contributed by atoms with Gasteiger partial charge in [0.1, 0.15) is 18.2 Å². The van der Waals surface area contributed by atoms with E-state index in [2.05, 4.69) is 4.98 Å². The van der Waals surface area contributed by atoms with Crippen LogP contribution in [-0.2, 0) is 11.3 Å². The molecular weight excluding hydrogens is 353 g/mol. The zero-order valence-electron chi connectivity index (χ0n) is 13.2. The number of ether oxygens (including phenoxy) is 1. The van der Waals surface area contributed by atoms with Crippen LogP contribution in [0.3, 0.4) is 0 Å². The van der Waals surface area contributed by atoms with Gasteiger partial charge in [0.15, 0.2) is 5.76 Å². The molecule has 1 aliphatic rings. The molecular formula is C16H17Cl2N3O3. The standard InChI is InChI=1S/C16H17Cl2N3O3/c1-23-10-12-2-3-14(24-12)16(22)21-6-4-20(5-7-21)15-13(18)8-11(17)9-19-15/h2-3,8-9H,4-7,10H2,1H3. The number of anilines is 1. The zero-order valence-corrected chi connectivity index (χ0v) is 14.7. The quantitative estimate of drug-likeness (QED) is 0.828. The second kappa shape index (κ2) is 7.42. The predicted molar refractivity (Wildman–Crippen MR) is 91.8 cm³/mol. The molecule has 3 heterocycles. The van der Waals surface area contributed by atoms with Crippen LogP contribution in [0, 0.1) is 0 Å². The lowest BCUT2D eigenvalue weighted by Gasteiger charge is -2.35. The van der Waals surface area contributed by atoms with E-state index in [9.17, 15) is 4.79 Å². The number of hydrogen-bond acceptors (Lipinski definition) is 5. The molecule has 2 aromatic heterocycles. The normalized spacial score (nSPS) is 15.0. The molecule has 3 rings (SSSR count). The highest BCUT2D eigenvalue weighted by molar-refractivity contribution is 6.36. The predicted octanol–water partition coefficient (Wildman–Crippen LogP) is 3.09. The van der Waals surface area contributed by atoms with Crippen LogP contribution in [0.4, 0.5) is 5.82 Å². The summed E-state index contributed by atoms with van der Waals surface area (Å²) < 4.78 is 10.5. The number of pyridine rings is 1. The Bertz CT molecular complexity index is 727. The zero-order chi connectivity index (χ0) is 17.1. The van der Waals surface area contributed by atoms with Crippen molar-refractivity contribution < 1.29 is 13.9 Å². The minimum absolute atomic E-state index is 0.118. The number of rotatable bonds is 4. The molecule has 128 valence electrons. The second-order valence-corrected chi connectivity index (χ2v) is 6.28. The maximum Gasteiger partial charge on any atom is 0.289 e.